The summed E-state index contributed by atoms with van der Waals surface area (Å²) in [7, 11) is 0. The molecule has 148 valence electrons. The van der Waals surface area contributed by atoms with E-state index in [0.717, 1.165) is 17.7 Å². The summed E-state index contributed by atoms with van der Waals surface area (Å²) < 4.78 is 0. The van der Waals surface area contributed by atoms with E-state index in [9.17, 15) is 14.9 Å². The van der Waals surface area contributed by atoms with E-state index in [2.05, 4.69) is 36.5 Å². The number of carbonyl (C=O) groups is 1. The van der Waals surface area contributed by atoms with Gasteiger partial charge in [-0.05, 0) is 29.9 Å². The first-order valence-corrected chi connectivity index (χ1v) is 10.1. The maximum absolute atomic E-state index is 12.0. The molecule has 2 aromatic rings. The average Bonchev–Trinajstić information content (AvgIpc) is 2.67. The van der Waals surface area contributed by atoms with Crippen LogP contribution in [0.25, 0.3) is 0 Å². The largest absolute Gasteiger partial charge is 0.272 e. The van der Waals surface area contributed by atoms with Crippen LogP contribution in [-0.4, -0.2) is 22.3 Å². The molecule has 0 aliphatic heterocycles. The molecular weight excluding hydrogens is 374 g/mol. The van der Waals surface area contributed by atoms with Crippen LogP contribution in [0.15, 0.2) is 59.7 Å². The van der Waals surface area contributed by atoms with Crippen LogP contribution in [0.2, 0.25) is 0 Å². The highest BCUT2D eigenvalue weighted by Gasteiger charge is 2.21. The molecule has 0 fully saturated rings. The second-order valence-electron chi connectivity index (χ2n) is 7.23. The van der Waals surface area contributed by atoms with Gasteiger partial charge >= 0.3 is 0 Å². The van der Waals surface area contributed by atoms with Crippen LogP contribution in [0.1, 0.15) is 38.3 Å². The van der Waals surface area contributed by atoms with Crippen molar-refractivity contribution in [1.82, 2.24) is 5.43 Å². The highest BCUT2D eigenvalue weighted by molar-refractivity contribution is 7.99. The summed E-state index contributed by atoms with van der Waals surface area (Å²) in [6.07, 6.45) is 0.743. The molecular formula is C21H25N3O3S. The standard InChI is InChI=1S/C21H25N3O3S/c1-16(13-21(2,3)18-7-5-4-6-8-18)22-23-20(25)15-28-14-17-9-11-19(12-10-17)24(26)27/h4-12H,13-15H2,1-3H3,(H,23,25)/b22-16+. The van der Waals surface area contributed by atoms with E-state index in [1.54, 1.807) is 12.1 Å². The Labute approximate surface area is 169 Å². The number of hydrazone groups is 1. The number of nitrogens with one attached hydrogen (secondary N) is 1. The lowest BCUT2D eigenvalue weighted by Crippen LogP contribution is -2.25. The molecule has 0 atom stereocenters. The van der Waals surface area contributed by atoms with Crippen molar-refractivity contribution in [2.24, 2.45) is 5.10 Å². The van der Waals surface area contributed by atoms with Gasteiger partial charge in [-0.25, -0.2) is 5.43 Å². The van der Waals surface area contributed by atoms with Gasteiger partial charge in [-0.2, -0.15) is 5.10 Å². The van der Waals surface area contributed by atoms with Crippen molar-refractivity contribution in [2.75, 3.05) is 5.75 Å². The molecule has 7 heteroatoms. The van der Waals surface area contributed by atoms with Gasteiger partial charge in [0.1, 0.15) is 0 Å². The second kappa shape index (κ2) is 10.0. The van der Waals surface area contributed by atoms with Gasteiger partial charge in [0.15, 0.2) is 0 Å². The van der Waals surface area contributed by atoms with E-state index in [1.165, 1.54) is 29.5 Å². The zero-order valence-electron chi connectivity index (χ0n) is 16.3. The first-order valence-electron chi connectivity index (χ1n) is 8.96. The fourth-order valence-electron chi connectivity index (χ4n) is 2.84. The number of hydrogen-bond donors (Lipinski definition) is 1. The molecule has 0 bridgehead atoms. The predicted octanol–water partition coefficient (Wildman–Crippen LogP) is 4.69. The predicted molar refractivity (Wildman–Crippen MR) is 115 cm³/mol. The highest BCUT2D eigenvalue weighted by Crippen LogP contribution is 2.27. The van der Waals surface area contributed by atoms with E-state index in [1.807, 2.05) is 25.1 Å². The summed E-state index contributed by atoms with van der Waals surface area (Å²) in [4.78, 5) is 22.2. The minimum Gasteiger partial charge on any atom is -0.272 e. The van der Waals surface area contributed by atoms with E-state index in [0.29, 0.717) is 5.75 Å². The number of nitro groups is 1. The van der Waals surface area contributed by atoms with Crippen molar-refractivity contribution >= 4 is 29.1 Å². The number of rotatable bonds is 9. The molecule has 1 N–H and O–H groups in total. The number of carbonyl (C=O) groups excluding carboxylic acids is 1. The van der Waals surface area contributed by atoms with Crippen LogP contribution in [0.3, 0.4) is 0 Å². The molecule has 0 heterocycles. The number of amides is 1. The van der Waals surface area contributed by atoms with Crippen molar-refractivity contribution < 1.29 is 9.72 Å². The fraction of sp³-hybridized carbons (Fsp3) is 0.333. The smallest absolute Gasteiger partial charge is 0.269 e. The van der Waals surface area contributed by atoms with Gasteiger partial charge in [-0.1, -0.05) is 56.3 Å². The van der Waals surface area contributed by atoms with Crippen molar-refractivity contribution in [2.45, 2.75) is 38.4 Å². The highest BCUT2D eigenvalue weighted by atomic mass is 32.2. The number of nitro benzene ring substituents is 1. The van der Waals surface area contributed by atoms with Crippen molar-refractivity contribution in [3.05, 3.63) is 75.8 Å². The summed E-state index contributed by atoms with van der Waals surface area (Å²) in [5.41, 5.74) is 5.64. The summed E-state index contributed by atoms with van der Waals surface area (Å²) in [5.74, 6) is 0.717. The lowest BCUT2D eigenvalue weighted by molar-refractivity contribution is -0.384. The Hall–Kier alpha value is -2.67. The monoisotopic (exact) mass is 399 g/mol. The molecule has 28 heavy (non-hydrogen) atoms. The van der Waals surface area contributed by atoms with Gasteiger partial charge < -0.3 is 0 Å². The maximum Gasteiger partial charge on any atom is 0.269 e. The SMILES string of the molecule is C/C(CC(C)(C)c1ccccc1)=N\NC(=O)CSCc1ccc([N+](=O)[O-])cc1. The van der Waals surface area contributed by atoms with Gasteiger partial charge in [-0.3, -0.25) is 14.9 Å². The quantitative estimate of drug-likeness (QED) is 0.377. The zero-order chi connectivity index (χ0) is 20.6. The zero-order valence-corrected chi connectivity index (χ0v) is 17.2. The fourth-order valence-corrected chi connectivity index (χ4v) is 3.62. The lowest BCUT2D eigenvalue weighted by Gasteiger charge is -2.25. The van der Waals surface area contributed by atoms with E-state index < -0.39 is 4.92 Å². The van der Waals surface area contributed by atoms with Crippen LogP contribution in [0, 0.1) is 10.1 Å². The summed E-state index contributed by atoms with van der Waals surface area (Å²) in [6.45, 7) is 6.22. The Bertz CT molecular complexity index is 834. The molecule has 0 aliphatic rings. The Morgan fingerprint density at radius 3 is 2.39 bits per heavy atom. The van der Waals surface area contributed by atoms with Crippen molar-refractivity contribution in [3.63, 3.8) is 0 Å². The Kier molecular flexibility index (Phi) is 7.75. The Balaban J connectivity index is 1.77. The molecule has 0 aliphatic carbocycles. The van der Waals surface area contributed by atoms with Crippen LogP contribution in [0.5, 0.6) is 0 Å². The van der Waals surface area contributed by atoms with Crippen molar-refractivity contribution in [3.8, 4) is 0 Å². The molecule has 0 radical (unpaired) electrons. The minimum atomic E-state index is -0.427. The lowest BCUT2D eigenvalue weighted by atomic mass is 9.80. The topological polar surface area (TPSA) is 84.6 Å². The van der Waals surface area contributed by atoms with Crippen LogP contribution >= 0.6 is 11.8 Å². The van der Waals surface area contributed by atoms with Crippen LogP contribution in [0.4, 0.5) is 5.69 Å². The molecule has 0 saturated carbocycles. The van der Waals surface area contributed by atoms with Gasteiger partial charge in [-0.15, -0.1) is 11.8 Å². The van der Waals surface area contributed by atoms with E-state index in [4.69, 9.17) is 0 Å². The number of thioether (sulfide) groups is 1. The number of nitrogens with zero attached hydrogens (tertiary/aromatic N) is 2. The van der Waals surface area contributed by atoms with Gasteiger partial charge in [0.25, 0.3) is 5.69 Å². The van der Waals surface area contributed by atoms with Gasteiger partial charge in [0.05, 0.1) is 10.7 Å². The molecule has 0 unspecified atom stereocenters. The number of non-ortho nitro benzene ring substituents is 1. The van der Waals surface area contributed by atoms with E-state index >= 15 is 0 Å². The number of benzene rings is 2. The van der Waals surface area contributed by atoms with E-state index in [-0.39, 0.29) is 22.8 Å². The maximum atomic E-state index is 12.0. The molecule has 2 rings (SSSR count). The van der Waals surface area contributed by atoms with Crippen molar-refractivity contribution in [1.29, 1.82) is 0 Å². The van der Waals surface area contributed by atoms with Crippen LogP contribution in [-0.2, 0) is 16.0 Å². The van der Waals surface area contributed by atoms with Gasteiger partial charge in [0.2, 0.25) is 5.91 Å². The molecule has 1 amide bonds. The molecule has 2 aromatic carbocycles. The summed E-state index contributed by atoms with van der Waals surface area (Å²) in [5, 5.41) is 14.9. The third kappa shape index (κ3) is 6.81. The minimum absolute atomic E-state index is 0.0646. The first kappa shape index (κ1) is 21.6. The molecule has 6 nitrogen and oxygen atoms in total. The summed E-state index contributed by atoms with van der Waals surface area (Å²) in [6, 6.07) is 16.6. The molecule has 0 spiro atoms. The average molecular weight is 400 g/mol. The first-order chi connectivity index (χ1) is 13.3. The molecule has 0 aromatic heterocycles. The normalized spacial score (nSPS) is 11.9. The third-order valence-electron chi connectivity index (χ3n) is 4.27. The third-order valence-corrected chi connectivity index (χ3v) is 5.28. The van der Waals surface area contributed by atoms with Gasteiger partial charge in [0, 0.05) is 23.6 Å². The Morgan fingerprint density at radius 1 is 1.14 bits per heavy atom. The Morgan fingerprint density at radius 2 is 1.79 bits per heavy atom. The summed E-state index contributed by atoms with van der Waals surface area (Å²) >= 11 is 1.44. The van der Waals surface area contributed by atoms with Crippen LogP contribution < -0.4 is 5.43 Å². The second-order valence-corrected chi connectivity index (χ2v) is 8.21. The molecule has 0 saturated heterocycles. The number of hydrogen-bond acceptors (Lipinski definition) is 5.